The minimum atomic E-state index is 0.00952. The Balaban J connectivity index is 2.01. The van der Waals surface area contributed by atoms with Crippen LogP contribution in [0.1, 0.15) is 37.8 Å². The number of hydrogen-bond donors (Lipinski definition) is 1. The third-order valence-corrected chi connectivity index (χ3v) is 4.44. The molecule has 0 spiro atoms. The molecular weight excluding hydrogens is 224 g/mol. The van der Waals surface area contributed by atoms with Crippen LogP contribution in [0.5, 0.6) is 5.75 Å². The summed E-state index contributed by atoms with van der Waals surface area (Å²) in [5.74, 6) is 1.81. The largest absolute Gasteiger partial charge is 0.496 e. The SMILES string of the molecule is COc1cccc(N2CC3CCC2C3)c1[C@H](C)N. The fourth-order valence-electron chi connectivity index (χ4n) is 3.64. The van der Waals surface area contributed by atoms with Gasteiger partial charge in [-0.2, -0.15) is 0 Å². The van der Waals surface area contributed by atoms with Crippen LogP contribution in [0.25, 0.3) is 0 Å². The summed E-state index contributed by atoms with van der Waals surface area (Å²) in [5, 5.41) is 0. The van der Waals surface area contributed by atoms with Crippen LogP contribution in [0, 0.1) is 5.92 Å². The summed E-state index contributed by atoms with van der Waals surface area (Å²) >= 11 is 0. The van der Waals surface area contributed by atoms with E-state index in [2.05, 4.69) is 17.0 Å². The smallest absolute Gasteiger partial charge is 0.125 e. The predicted octanol–water partition coefficient (Wildman–Crippen LogP) is 2.70. The first-order valence-electron chi connectivity index (χ1n) is 6.90. The van der Waals surface area contributed by atoms with Gasteiger partial charge in [0.25, 0.3) is 0 Å². The van der Waals surface area contributed by atoms with Gasteiger partial charge in [-0.25, -0.2) is 0 Å². The predicted molar refractivity (Wildman–Crippen MR) is 74.1 cm³/mol. The molecule has 1 saturated carbocycles. The molecule has 2 fully saturated rings. The van der Waals surface area contributed by atoms with E-state index in [1.165, 1.54) is 31.5 Å². The molecule has 1 aliphatic heterocycles. The van der Waals surface area contributed by atoms with Crippen molar-refractivity contribution in [1.82, 2.24) is 0 Å². The summed E-state index contributed by atoms with van der Waals surface area (Å²) < 4.78 is 5.48. The molecule has 2 aliphatic rings. The number of methoxy groups -OCH3 is 1. The van der Waals surface area contributed by atoms with Crippen molar-refractivity contribution >= 4 is 5.69 Å². The van der Waals surface area contributed by atoms with Crippen LogP contribution < -0.4 is 15.4 Å². The van der Waals surface area contributed by atoms with E-state index in [0.717, 1.165) is 23.3 Å². The van der Waals surface area contributed by atoms with Gasteiger partial charge in [0, 0.05) is 29.9 Å². The molecular formula is C15H22N2O. The normalized spacial score (nSPS) is 27.6. The van der Waals surface area contributed by atoms with Crippen LogP contribution in [0.4, 0.5) is 5.69 Å². The van der Waals surface area contributed by atoms with Crippen LogP contribution in [-0.2, 0) is 0 Å². The molecule has 0 aromatic heterocycles. The van der Waals surface area contributed by atoms with Crippen molar-refractivity contribution in [3.8, 4) is 5.75 Å². The number of ether oxygens (including phenoxy) is 1. The third kappa shape index (κ3) is 1.77. The number of anilines is 1. The molecule has 2 unspecified atom stereocenters. The van der Waals surface area contributed by atoms with Crippen molar-refractivity contribution in [3.05, 3.63) is 23.8 Å². The monoisotopic (exact) mass is 246 g/mol. The Morgan fingerprint density at radius 1 is 1.39 bits per heavy atom. The molecule has 1 aliphatic carbocycles. The number of fused-ring (bicyclic) bond motifs is 2. The van der Waals surface area contributed by atoms with Gasteiger partial charge in [0.15, 0.2) is 0 Å². The molecule has 3 heteroatoms. The first-order chi connectivity index (χ1) is 8.70. The zero-order valence-corrected chi connectivity index (χ0v) is 11.2. The highest BCUT2D eigenvalue weighted by atomic mass is 16.5. The topological polar surface area (TPSA) is 38.5 Å². The van der Waals surface area contributed by atoms with Crippen molar-refractivity contribution in [2.45, 2.75) is 38.3 Å². The molecule has 18 heavy (non-hydrogen) atoms. The second-order valence-corrected chi connectivity index (χ2v) is 5.67. The van der Waals surface area contributed by atoms with Gasteiger partial charge in [0.1, 0.15) is 5.75 Å². The van der Waals surface area contributed by atoms with E-state index in [1.807, 2.05) is 13.0 Å². The second-order valence-electron chi connectivity index (χ2n) is 5.67. The first-order valence-corrected chi connectivity index (χ1v) is 6.90. The number of rotatable bonds is 3. The molecule has 3 rings (SSSR count). The lowest BCUT2D eigenvalue weighted by Crippen LogP contribution is -2.33. The average Bonchev–Trinajstić information content (AvgIpc) is 2.99. The number of piperidine rings is 1. The van der Waals surface area contributed by atoms with Crippen molar-refractivity contribution in [1.29, 1.82) is 0 Å². The van der Waals surface area contributed by atoms with Crippen molar-refractivity contribution < 1.29 is 4.74 Å². The minimum Gasteiger partial charge on any atom is -0.496 e. The molecule has 1 aromatic carbocycles. The maximum Gasteiger partial charge on any atom is 0.125 e. The lowest BCUT2D eigenvalue weighted by Gasteiger charge is -2.32. The maximum absolute atomic E-state index is 6.15. The summed E-state index contributed by atoms with van der Waals surface area (Å²) in [7, 11) is 1.72. The Hall–Kier alpha value is -1.22. The molecule has 1 saturated heterocycles. The fraction of sp³-hybridized carbons (Fsp3) is 0.600. The molecule has 0 radical (unpaired) electrons. The standard InChI is InChI=1S/C15H22N2O/c1-10(16)15-13(4-3-5-14(15)18-2)17-9-11-6-7-12(17)8-11/h3-5,10-12H,6-9,16H2,1-2H3/t10-,11?,12?/m0/s1. The van der Waals surface area contributed by atoms with Gasteiger partial charge in [-0.15, -0.1) is 0 Å². The molecule has 3 atom stereocenters. The van der Waals surface area contributed by atoms with E-state index < -0.39 is 0 Å². The summed E-state index contributed by atoms with van der Waals surface area (Å²) in [6, 6.07) is 7.01. The summed E-state index contributed by atoms with van der Waals surface area (Å²) in [6.07, 6.45) is 4.09. The highest BCUT2D eigenvalue weighted by Crippen LogP contribution is 2.43. The van der Waals surface area contributed by atoms with Crippen molar-refractivity contribution in [2.24, 2.45) is 11.7 Å². The Labute approximate surface area is 109 Å². The molecule has 2 N–H and O–H groups in total. The Morgan fingerprint density at radius 2 is 2.22 bits per heavy atom. The molecule has 0 amide bonds. The van der Waals surface area contributed by atoms with E-state index in [-0.39, 0.29) is 6.04 Å². The third-order valence-electron chi connectivity index (χ3n) is 4.44. The number of benzene rings is 1. The molecule has 98 valence electrons. The molecule has 2 bridgehead atoms. The van der Waals surface area contributed by atoms with Crippen molar-refractivity contribution in [2.75, 3.05) is 18.6 Å². The number of nitrogens with two attached hydrogens (primary N) is 1. The van der Waals surface area contributed by atoms with Crippen molar-refractivity contribution in [3.63, 3.8) is 0 Å². The number of hydrogen-bond acceptors (Lipinski definition) is 3. The quantitative estimate of drug-likeness (QED) is 0.891. The van der Waals surface area contributed by atoms with Gasteiger partial charge >= 0.3 is 0 Å². The van der Waals surface area contributed by atoms with E-state index in [1.54, 1.807) is 7.11 Å². The van der Waals surface area contributed by atoms with Gasteiger partial charge < -0.3 is 15.4 Å². The van der Waals surface area contributed by atoms with E-state index >= 15 is 0 Å². The lowest BCUT2D eigenvalue weighted by atomic mass is 10.0. The molecule has 1 heterocycles. The van der Waals surface area contributed by atoms with Gasteiger partial charge in [0.05, 0.1) is 7.11 Å². The minimum absolute atomic E-state index is 0.00952. The Morgan fingerprint density at radius 3 is 2.78 bits per heavy atom. The van der Waals surface area contributed by atoms with Gasteiger partial charge in [0.2, 0.25) is 0 Å². The number of nitrogens with zero attached hydrogens (tertiary/aromatic N) is 1. The molecule has 3 nitrogen and oxygen atoms in total. The fourth-order valence-corrected chi connectivity index (χ4v) is 3.64. The van der Waals surface area contributed by atoms with Crippen LogP contribution in [-0.4, -0.2) is 19.7 Å². The van der Waals surface area contributed by atoms with Crippen LogP contribution in [0.2, 0.25) is 0 Å². The Bertz CT molecular complexity index is 444. The highest BCUT2D eigenvalue weighted by Gasteiger charge is 2.39. The maximum atomic E-state index is 6.15. The zero-order chi connectivity index (χ0) is 12.7. The average molecular weight is 246 g/mol. The lowest BCUT2D eigenvalue weighted by molar-refractivity contribution is 0.406. The summed E-state index contributed by atoms with van der Waals surface area (Å²) in [5.41, 5.74) is 8.60. The van der Waals surface area contributed by atoms with Gasteiger partial charge in [-0.1, -0.05) is 6.07 Å². The molecule has 1 aromatic rings. The van der Waals surface area contributed by atoms with Crippen LogP contribution in [0.3, 0.4) is 0 Å². The zero-order valence-electron chi connectivity index (χ0n) is 11.2. The highest BCUT2D eigenvalue weighted by molar-refractivity contribution is 5.62. The van der Waals surface area contributed by atoms with Crippen LogP contribution >= 0.6 is 0 Å². The van der Waals surface area contributed by atoms with E-state index in [9.17, 15) is 0 Å². The van der Waals surface area contributed by atoms with Gasteiger partial charge in [-0.05, 0) is 44.2 Å². The van der Waals surface area contributed by atoms with E-state index in [4.69, 9.17) is 10.5 Å². The Kier molecular flexibility index (Phi) is 2.94. The second kappa shape index (κ2) is 4.47. The van der Waals surface area contributed by atoms with Crippen LogP contribution in [0.15, 0.2) is 18.2 Å². The summed E-state index contributed by atoms with van der Waals surface area (Å²) in [4.78, 5) is 2.55. The van der Waals surface area contributed by atoms with Gasteiger partial charge in [-0.3, -0.25) is 0 Å². The first kappa shape index (κ1) is 11.8. The van der Waals surface area contributed by atoms with E-state index in [0.29, 0.717) is 0 Å². The summed E-state index contributed by atoms with van der Waals surface area (Å²) in [6.45, 7) is 3.23.